The van der Waals surface area contributed by atoms with Gasteiger partial charge in [0.2, 0.25) is 0 Å². The molecule has 0 aromatic rings. The molecule has 1 saturated heterocycles. The van der Waals surface area contributed by atoms with Crippen LogP contribution in [0.4, 0.5) is 4.79 Å². The first-order valence-corrected chi connectivity index (χ1v) is 7.36. The lowest BCUT2D eigenvalue weighted by atomic mass is 10.0. The molecule has 1 fully saturated rings. The molecule has 0 aromatic carbocycles. The highest BCUT2D eigenvalue weighted by atomic mass is 16.4. The number of carboxylic acids is 1. The van der Waals surface area contributed by atoms with Crippen LogP contribution in [0.1, 0.15) is 33.6 Å². The van der Waals surface area contributed by atoms with Crippen LogP contribution < -0.4 is 5.32 Å². The molecule has 0 bridgehead atoms. The Bertz CT molecular complexity index is 349. The van der Waals surface area contributed by atoms with Crippen LogP contribution in [0.3, 0.4) is 0 Å². The molecule has 2 N–H and O–H groups in total. The van der Waals surface area contributed by atoms with Crippen LogP contribution in [0.25, 0.3) is 0 Å². The third kappa shape index (κ3) is 4.10. The van der Waals surface area contributed by atoms with E-state index in [-0.39, 0.29) is 11.9 Å². The summed E-state index contributed by atoms with van der Waals surface area (Å²) in [7, 11) is 2.03. The average molecular weight is 285 g/mol. The number of carbonyl (C=O) groups is 2. The molecule has 6 heteroatoms. The van der Waals surface area contributed by atoms with E-state index in [2.05, 4.69) is 24.1 Å². The first-order valence-electron chi connectivity index (χ1n) is 7.36. The van der Waals surface area contributed by atoms with Crippen LogP contribution in [0, 0.1) is 5.92 Å². The fraction of sp³-hybridized carbons (Fsp3) is 0.857. The Labute approximate surface area is 121 Å². The zero-order valence-electron chi connectivity index (χ0n) is 12.9. The number of likely N-dealkylation sites (tertiary alicyclic amines) is 1. The number of hydrogen-bond donors (Lipinski definition) is 2. The largest absolute Gasteiger partial charge is 0.480 e. The molecule has 0 radical (unpaired) electrons. The monoisotopic (exact) mass is 285 g/mol. The number of likely N-dealkylation sites (N-methyl/N-ethyl adjacent to an activating group) is 1. The van der Waals surface area contributed by atoms with Crippen molar-refractivity contribution >= 4 is 12.0 Å². The number of carboxylic acid groups (broad SMARTS) is 1. The molecule has 20 heavy (non-hydrogen) atoms. The van der Waals surface area contributed by atoms with Gasteiger partial charge in [0.1, 0.15) is 6.04 Å². The maximum absolute atomic E-state index is 12.1. The summed E-state index contributed by atoms with van der Waals surface area (Å²) >= 11 is 0. The van der Waals surface area contributed by atoms with Crippen LogP contribution in [0.15, 0.2) is 0 Å². The predicted molar refractivity (Wildman–Crippen MR) is 77.7 cm³/mol. The summed E-state index contributed by atoms with van der Waals surface area (Å²) in [5.74, 6) is -0.900. The lowest BCUT2D eigenvalue weighted by molar-refractivity contribution is -0.142. The first kappa shape index (κ1) is 16.8. The van der Waals surface area contributed by atoms with Gasteiger partial charge in [0.15, 0.2) is 0 Å². The number of amides is 2. The quantitative estimate of drug-likeness (QED) is 0.769. The topological polar surface area (TPSA) is 72.9 Å². The van der Waals surface area contributed by atoms with Gasteiger partial charge in [-0.25, -0.2) is 9.59 Å². The second-order valence-electron chi connectivity index (χ2n) is 5.71. The Balaban J connectivity index is 2.41. The molecular weight excluding hydrogens is 258 g/mol. The van der Waals surface area contributed by atoms with E-state index in [4.69, 9.17) is 0 Å². The molecule has 6 nitrogen and oxygen atoms in total. The van der Waals surface area contributed by atoms with Crippen molar-refractivity contribution in [3.63, 3.8) is 0 Å². The Morgan fingerprint density at radius 2 is 2.15 bits per heavy atom. The van der Waals surface area contributed by atoms with Crippen LogP contribution >= 0.6 is 0 Å². The average Bonchev–Trinajstić information content (AvgIpc) is 2.79. The van der Waals surface area contributed by atoms with E-state index in [9.17, 15) is 14.7 Å². The fourth-order valence-corrected chi connectivity index (χ4v) is 2.52. The lowest BCUT2D eigenvalue weighted by Crippen LogP contribution is -2.49. The van der Waals surface area contributed by atoms with Crippen molar-refractivity contribution < 1.29 is 14.7 Å². The highest BCUT2D eigenvalue weighted by Crippen LogP contribution is 2.23. The van der Waals surface area contributed by atoms with E-state index < -0.39 is 12.0 Å². The number of nitrogens with one attached hydrogen (secondary N) is 1. The molecular formula is C14H27N3O3. The third-order valence-electron chi connectivity index (χ3n) is 4.30. The number of urea groups is 1. The van der Waals surface area contributed by atoms with E-state index in [1.54, 1.807) is 0 Å². The second kappa shape index (κ2) is 7.47. The van der Waals surface area contributed by atoms with Gasteiger partial charge in [-0.15, -0.1) is 0 Å². The number of carbonyl (C=O) groups excluding carboxylic acids is 1. The Hall–Kier alpha value is -1.30. The third-order valence-corrected chi connectivity index (χ3v) is 4.30. The SMILES string of the molecule is CCC(C)N(C)CCNC(=O)N1CCC(C)C1C(=O)O. The number of nitrogens with zero attached hydrogens (tertiary/aromatic N) is 2. The highest BCUT2D eigenvalue weighted by Gasteiger charge is 2.39. The van der Waals surface area contributed by atoms with Crippen LogP contribution in [-0.2, 0) is 4.79 Å². The molecule has 3 atom stereocenters. The predicted octanol–water partition coefficient (Wildman–Crippen LogP) is 1.22. The number of hydrogen-bond acceptors (Lipinski definition) is 3. The van der Waals surface area contributed by atoms with Crippen LogP contribution in [0.5, 0.6) is 0 Å². The zero-order valence-corrected chi connectivity index (χ0v) is 12.9. The molecule has 0 saturated carbocycles. The second-order valence-corrected chi connectivity index (χ2v) is 5.71. The Morgan fingerprint density at radius 1 is 1.50 bits per heavy atom. The van der Waals surface area contributed by atoms with Crippen molar-refractivity contribution in [3.8, 4) is 0 Å². The van der Waals surface area contributed by atoms with Gasteiger partial charge >= 0.3 is 12.0 Å². The maximum atomic E-state index is 12.1. The van der Waals surface area contributed by atoms with Gasteiger partial charge in [0, 0.05) is 25.7 Å². The summed E-state index contributed by atoms with van der Waals surface area (Å²) in [4.78, 5) is 26.9. The molecule has 0 aliphatic carbocycles. The zero-order chi connectivity index (χ0) is 15.3. The molecule has 3 unspecified atom stereocenters. The summed E-state index contributed by atoms with van der Waals surface area (Å²) in [6.45, 7) is 7.97. The smallest absolute Gasteiger partial charge is 0.326 e. The molecule has 1 aliphatic heterocycles. The van der Waals surface area contributed by atoms with Gasteiger partial charge < -0.3 is 20.2 Å². The molecule has 1 rings (SSSR count). The van der Waals surface area contributed by atoms with Crippen molar-refractivity contribution in [2.75, 3.05) is 26.7 Å². The first-order chi connectivity index (χ1) is 9.38. The normalized spacial score (nSPS) is 23.9. The van der Waals surface area contributed by atoms with Crippen molar-refractivity contribution in [2.24, 2.45) is 5.92 Å². The summed E-state index contributed by atoms with van der Waals surface area (Å²) in [5, 5.41) is 12.0. The molecule has 0 aromatic heterocycles. The van der Waals surface area contributed by atoms with Gasteiger partial charge in [0.25, 0.3) is 0 Å². The summed E-state index contributed by atoms with van der Waals surface area (Å²) in [6, 6.07) is -0.480. The molecule has 0 spiro atoms. The van der Waals surface area contributed by atoms with Crippen LogP contribution in [0.2, 0.25) is 0 Å². The van der Waals surface area contributed by atoms with Gasteiger partial charge in [-0.1, -0.05) is 13.8 Å². The number of aliphatic carboxylic acids is 1. The Morgan fingerprint density at radius 3 is 2.70 bits per heavy atom. The number of rotatable bonds is 6. The highest BCUT2D eigenvalue weighted by molar-refractivity contribution is 5.83. The van der Waals surface area contributed by atoms with Gasteiger partial charge in [-0.05, 0) is 32.7 Å². The van der Waals surface area contributed by atoms with Crippen LogP contribution in [-0.4, -0.2) is 65.7 Å². The van der Waals surface area contributed by atoms with E-state index in [0.717, 1.165) is 19.4 Å². The minimum absolute atomic E-state index is 0.0148. The van der Waals surface area contributed by atoms with Crippen molar-refractivity contribution in [2.45, 2.75) is 45.7 Å². The summed E-state index contributed by atoms with van der Waals surface area (Å²) in [6.07, 6.45) is 1.81. The van der Waals surface area contributed by atoms with E-state index in [0.29, 0.717) is 19.1 Å². The van der Waals surface area contributed by atoms with Crippen molar-refractivity contribution in [1.82, 2.24) is 15.1 Å². The minimum atomic E-state index is -0.915. The lowest BCUT2D eigenvalue weighted by Gasteiger charge is -2.26. The standard InChI is InChI=1S/C14H27N3O3/c1-5-11(3)16(4)9-7-15-14(20)17-8-6-10(2)12(17)13(18)19/h10-12H,5-9H2,1-4H3,(H,15,20)(H,18,19). The van der Waals surface area contributed by atoms with Crippen molar-refractivity contribution in [1.29, 1.82) is 0 Å². The fourth-order valence-electron chi connectivity index (χ4n) is 2.52. The van der Waals surface area contributed by atoms with Gasteiger partial charge in [0.05, 0.1) is 0 Å². The summed E-state index contributed by atoms with van der Waals surface area (Å²) < 4.78 is 0. The molecule has 116 valence electrons. The van der Waals surface area contributed by atoms with E-state index in [1.165, 1.54) is 4.90 Å². The maximum Gasteiger partial charge on any atom is 0.326 e. The van der Waals surface area contributed by atoms with Gasteiger partial charge in [-0.2, -0.15) is 0 Å². The summed E-state index contributed by atoms with van der Waals surface area (Å²) in [5.41, 5.74) is 0. The van der Waals surface area contributed by atoms with E-state index in [1.807, 2.05) is 14.0 Å². The van der Waals surface area contributed by atoms with Crippen molar-refractivity contribution in [3.05, 3.63) is 0 Å². The molecule has 1 heterocycles. The molecule has 1 aliphatic rings. The minimum Gasteiger partial charge on any atom is -0.480 e. The van der Waals surface area contributed by atoms with E-state index >= 15 is 0 Å². The Kier molecular flexibility index (Phi) is 6.26. The molecule has 2 amide bonds. The van der Waals surface area contributed by atoms with Gasteiger partial charge in [-0.3, -0.25) is 0 Å².